The fourth-order valence-electron chi connectivity index (χ4n) is 1.58. The van der Waals surface area contributed by atoms with E-state index in [2.05, 4.69) is 11.9 Å². The Bertz CT molecular complexity index is 155. The highest BCUT2D eigenvalue weighted by Gasteiger charge is 2.11. The molecule has 0 aromatic heterocycles. The molecule has 13 heavy (non-hydrogen) atoms. The minimum Gasteiger partial charge on any atom is -0.376 e. The second-order valence-corrected chi connectivity index (χ2v) is 4.04. The number of rotatable bonds is 5. The van der Waals surface area contributed by atoms with E-state index in [4.69, 9.17) is 16.3 Å². The van der Waals surface area contributed by atoms with E-state index in [0.29, 0.717) is 17.7 Å². The smallest absolute Gasteiger partial charge is 0.0817 e. The molecule has 1 rings (SSSR count). The zero-order valence-corrected chi connectivity index (χ0v) is 8.78. The van der Waals surface area contributed by atoms with Crippen LogP contribution in [0, 0.1) is 0 Å². The average Bonchev–Trinajstić information content (AvgIpc) is 2.14. The van der Waals surface area contributed by atoms with Gasteiger partial charge >= 0.3 is 0 Å². The maximum atomic E-state index is 5.56. The SMILES string of the molecule is C=C(Cl)COCCC1CCCCN1. The highest BCUT2D eigenvalue weighted by atomic mass is 35.5. The van der Waals surface area contributed by atoms with Gasteiger partial charge in [-0.1, -0.05) is 24.6 Å². The summed E-state index contributed by atoms with van der Waals surface area (Å²) in [5, 5.41) is 4.05. The van der Waals surface area contributed by atoms with Crippen LogP contribution in [0.1, 0.15) is 25.7 Å². The number of piperidine rings is 1. The third-order valence-electron chi connectivity index (χ3n) is 2.28. The van der Waals surface area contributed by atoms with Gasteiger partial charge in [0.1, 0.15) is 0 Å². The van der Waals surface area contributed by atoms with E-state index in [9.17, 15) is 0 Å². The highest BCUT2D eigenvalue weighted by Crippen LogP contribution is 2.10. The molecule has 0 bridgehead atoms. The molecule has 0 radical (unpaired) electrons. The van der Waals surface area contributed by atoms with Crippen molar-refractivity contribution in [1.82, 2.24) is 5.32 Å². The first-order valence-electron chi connectivity index (χ1n) is 4.93. The summed E-state index contributed by atoms with van der Waals surface area (Å²) in [5.41, 5.74) is 0. The third-order valence-corrected chi connectivity index (χ3v) is 2.39. The number of ether oxygens (including phenoxy) is 1. The van der Waals surface area contributed by atoms with Crippen LogP contribution in [0.4, 0.5) is 0 Å². The Balaban J connectivity index is 1.95. The van der Waals surface area contributed by atoms with E-state index in [0.717, 1.165) is 19.6 Å². The number of nitrogens with one attached hydrogen (secondary N) is 1. The summed E-state index contributed by atoms with van der Waals surface area (Å²) in [6.45, 7) is 5.99. The van der Waals surface area contributed by atoms with Crippen molar-refractivity contribution in [2.45, 2.75) is 31.7 Å². The molecule has 0 spiro atoms. The van der Waals surface area contributed by atoms with Crippen LogP contribution in [0.25, 0.3) is 0 Å². The fourth-order valence-corrected chi connectivity index (χ4v) is 1.66. The largest absolute Gasteiger partial charge is 0.376 e. The van der Waals surface area contributed by atoms with Crippen LogP contribution in [-0.4, -0.2) is 25.8 Å². The minimum absolute atomic E-state index is 0.480. The first-order chi connectivity index (χ1) is 6.29. The summed E-state index contributed by atoms with van der Waals surface area (Å²) in [6.07, 6.45) is 5.03. The molecular weight excluding hydrogens is 186 g/mol. The van der Waals surface area contributed by atoms with Crippen LogP contribution in [-0.2, 0) is 4.74 Å². The molecule has 0 aromatic carbocycles. The zero-order chi connectivity index (χ0) is 9.52. The molecule has 1 saturated heterocycles. The molecule has 76 valence electrons. The minimum atomic E-state index is 0.480. The van der Waals surface area contributed by atoms with E-state index < -0.39 is 0 Å². The Kier molecular flexibility index (Phi) is 5.44. The van der Waals surface area contributed by atoms with Crippen molar-refractivity contribution in [3.8, 4) is 0 Å². The average molecular weight is 204 g/mol. The van der Waals surface area contributed by atoms with Crippen molar-refractivity contribution < 1.29 is 4.74 Å². The molecule has 0 aliphatic carbocycles. The molecule has 1 N–H and O–H groups in total. The summed E-state index contributed by atoms with van der Waals surface area (Å²) in [6, 6.07) is 0.650. The van der Waals surface area contributed by atoms with Crippen LogP contribution in [0.5, 0.6) is 0 Å². The van der Waals surface area contributed by atoms with Crippen LogP contribution < -0.4 is 5.32 Å². The molecule has 1 aliphatic heterocycles. The fraction of sp³-hybridized carbons (Fsp3) is 0.800. The molecule has 1 fully saturated rings. The van der Waals surface area contributed by atoms with Gasteiger partial charge < -0.3 is 10.1 Å². The molecule has 0 saturated carbocycles. The molecule has 1 heterocycles. The lowest BCUT2D eigenvalue weighted by atomic mass is 10.0. The lowest BCUT2D eigenvalue weighted by Gasteiger charge is -2.23. The summed E-state index contributed by atoms with van der Waals surface area (Å²) in [7, 11) is 0. The van der Waals surface area contributed by atoms with Gasteiger partial charge in [-0.2, -0.15) is 0 Å². The topological polar surface area (TPSA) is 21.3 Å². The quantitative estimate of drug-likeness (QED) is 0.693. The lowest BCUT2D eigenvalue weighted by Crippen LogP contribution is -2.34. The van der Waals surface area contributed by atoms with Gasteiger partial charge in [0.25, 0.3) is 0 Å². The number of halogens is 1. The first kappa shape index (κ1) is 11.0. The monoisotopic (exact) mass is 203 g/mol. The molecule has 1 atom stereocenters. The highest BCUT2D eigenvalue weighted by molar-refractivity contribution is 6.29. The van der Waals surface area contributed by atoms with Crippen LogP contribution in [0.2, 0.25) is 0 Å². The summed E-state index contributed by atoms with van der Waals surface area (Å²) in [4.78, 5) is 0. The molecule has 1 unspecified atom stereocenters. The van der Waals surface area contributed by atoms with Crippen molar-refractivity contribution in [3.05, 3.63) is 11.6 Å². The van der Waals surface area contributed by atoms with E-state index in [1.807, 2.05) is 0 Å². The summed E-state index contributed by atoms with van der Waals surface area (Å²) < 4.78 is 5.33. The summed E-state index contributed by atoms with van der Waals surface area (Å²) >= 11 is 5.56. The van der Waals surface area contributed by atoms with Gasteiger partial charge in [0.2, 0.25) is 0 Å². The maximum Gasteiger partial charge on any atom is 0.0817 e. The van der Waals surface area contributed by atoms with Crippen LogP contribution in [0.15, 0.2) is 11.6 Å². The first-order valence-corrected chi connectivity index (χ1v) is 5.31. The molecule has 3 heteroatoms. The van der Waals surface area contributed by atoms with E-state index >= 15 is 0 Å². The number of hydrogen-bond acceptors (Lipinski definition) is 2. The van der Waals surface area contributed by atoms with Gasteiger partial charge in [0.05, 0.1) is 6.61 Å². The van der Waals surface area contributed by atoms with Crippen LogP contribution in [0.3, 0.4) is 0 Å². The van der Waals surface area contributed by atoms with E-state index in [1.165, 1.54) is 19.3 Å². The van der Waals surface area contributed by atoms with Crippen LogP contribution >= 0.6 is 11.6 Å². The van der Waals surface area contributed by atoms with E-state index in [-0.39, 0.29) is 0 Å². The molecule has 1 aliphatic rings. The van der Waals surface area contributed by atoms with E-state index in [1.54, 1.807) is 0 Å². The second kappa shape index (κ2) is 6.41. The Morgan fingerprint density at radius 2 is 2.38 bits per heavy atom. The normalized spacial score (nSPS) is 23.0. The second-order valence-electron chi connectivity index (χ2n) is 3.51. The third kappa shape index (κ3) is 5.29. The molecule has 0 aromatic rings. The van der Waals surface area contributed by atoms with Gasteiger partial charge in [-0.3, -0.25) is 0 Å². The maximum absolute atomic E-state index is 5.56. The van der Waals surface area contributed by atoms with Gasteiger partial charge in [0, 0.05) is 17.7 Å². The molecule has 0 amide bonds. The Hall–Kier alpha value is -0.0500. The lowest BCUT2D eigenvalue weighted by molar-refractivity contribution is 0.144. The zero-order valence-electron chi connectivity index (χ0n) is 8.02. The summed E-state index contributed by atoms with van der Waals surface area (Å²) in [5.74, 6) is 0. The molecular formula is C10H18ClNO. The Morgan fingerprint density at radius 3 is 3.00 bits per heavy atom. The van der Waals surface area contributed by atoms with Crippen molar-refractivity contribution in [1.29, 1.82) is 0 Å². The molecule has 2 nitrogen and oxygen atoms in total. The van der Waals surface area contributed by atoms with Gasteiger partial charge in [-0.05, 0) is 25.8 Å². The predicted octanol–water partition coefficient (Wildman–Crippen LogP) is 2.29. The van der Waals surface area contributed by atoms with Gasteiger partial charge in [-0.25, -0.2) is 0 Å². The standard InChI is InChI=1S/C10H18ClNO/c1-9(11)8-13-7-5-10-4-2-3-6-12-10/h10,12H,1-8H2. The number of hydrogen-bond donors (Lipinski definition) is 1. The van der Waals surface area contributed by atoms with Gasteiger partial charge in [0.15, 0.2) is 0 Å². The Labute approximate surface area is 85.3 Å². The predicted molar refractivity (Wildman–Crippen MR) is 56.1 cm³/mol. The van der Waals surface area contributed by atoms with Gasteiger partial charge in [-0.15, -0.1) is 0 Å². The van der Waals surface area contributed by atoms with Crippen molar-refractivity contribution >= 4 is 11.6 Å². The van der Waals surface area contributed by atoms with Crippen molar-refractivity contribution in [3.63, 3.8) is 0 Å². The van der Waals surface area contributed by atoms with Crippen molar-refractivity contribution in [2.75, 3.05) is 19.8 Å². The van der Waals surface area contributed by atoms with Crippen molar-refractivity contribution in [2.24, 2.45) is 0 Å². The Morgan fingerprint density at radius 1 is 1.54 bits per heavy atom.